The highest BCUT2D eigenvalue weighted by molar-refractivity contribution is 4.14. The number of hydrogen-bond donors (Lipinski definition) is 1. The Kier molecular flexibility index (Phi) is 3.24. The predicted octanol–water partition coefficient (Wildman–Crippen LogP) is -0.479. The lowest BCUT2D eigenvalue weighted by Gasteiger charge is -2.40. The van der Waals surface area contributed by atoms with Crippen LogP contribution < -0.4 is 5.43 Å². The third-order valence-electron chi connectivity index (χ3n) is 1.98. The van der Waals surface area contributed by atoms with Crippen molar-refractivity contribution in [1.29, 1.82) is 0 Å². The first-order valence-corrected chi connectivity index (χ1v) is 3.36. The van der Waals surface area contributed by atoms with Crippen molar-refractivity contribution < 1.29 is 4.81 Å². The fraction of sp³-hybridized carbons (Fsp3) is 1.00. The average molecular weight is 147 g/mol. The van der Waals surface area contributed by atoms with Crippen LogP contribution in [0.3, 0.4) is 0 Å². The van der Waals surface area contributed by atoms with Crippen molar-refractivity contribution in [2.45, 2.75) is 0 Å². The quantitative estimate of drug-likeness (QED) is 0.430. The number of rotatable bonds is 3. The fourth-order valence-corrected chi connectivity index (χ4v) is 0.758. The minimum absolute atomic E-state index is 0.597. The van der Waals surface area contributed by atoms with Crippen LogP contribution in [0.5, 0.6) is 0 Å². The largest absolute Gasteiger partial charge is 0.132 e. The molecular formula is C6H19N4+. The molecule has 0 spiro atoms. The molecule has 0 aromatic heterocycles. The Labute approximate surface area is 63.5 Å². The van der Waals surface area contributed by atoms with E-state index in [0.29, 0.717) is 4.81 Å². The molecule has 0 unspecified atom stereocenters. The normalized spacial score (nSPS) is 13.2. The lowest BCUT2D eigenvalue weighted by Crippen LogP contribution is -2.67. The van der Waals surface area contributed by atoms with E-state index in [2.05, 4.69) is 22.5 Å². The molecule has 62 valence electrons. The lowest BCUT2D eigenvalue weighted by atomic mass is 10.9. The van der Waals surface area contributed by atoms with E-state index in [1.54, 1.807) is 0 Å². The predicted molar refractivity (Wildman–Crippen MR) is 42.6 cm³/mol. The van der Waals surface area contributed by atoms with Gasteiger partial charge in [-0.1, -0.05) is 4.81 Å². The zero-order valence-electron chi connectivity index (χ0n) is 7.84. The van der Waals surface area contributed by atoms with Gasteiger partial charge in [0.1, 0.15) is 7.05 Å². The summed E-state index contributed by atoms with van der Waals surface area (Å²) < 4.78 is 0. The summed E-state index contributed by atoms with van der Waals surface area (Å²) in [5.74, 6) is 0. The molecule has 0 aliphatic carbocycles. The maximum Gasteiger partial charge on any atom is 0.125 e. The monoisotopic (exact) mass is 147 g/mol. The number of nitrogens with one attached hydrogen (secondary N) is 1. The summed E-state index contributed by atoms with van der Waals surface area (Å²) in [7, 11) is 12.1. The Morgan fingerprint density at radius 1 is 1.00 bits per heavy atom. The second kappa shape index (κ2) is 3.30. The molecule has 4 heteroatoms. The van der Waals surface area contributed by atoms with Gasteiger partial charge < -0.3 is 0 Å². The summed E-state index contributed by atoms with van der Waals surface area (Å²) in [5, 5.41) is 4.14. The molecule has 10 heavy (non-hydrogen) atoms. The van der Waals surface area contributed by atoms with Gasteiger partial charge in [0.15, 0.2) is 0 Å². The van der Waals surface area contributed by atoms with Crippen molar-refractivity contribution in [3.05, 3.63) is 0 Å². The Hall–Kier alpha value is -0.160. The number of quaternary nitrogens is 1. The second-order valence-electron chi connectivity index (χ2n) is 2.83. The van der Waals surface area contributed by atoms with Crippen molar-refractivity contribution in [3.8, 4) is 0 Å². The Morgan fingerprint density at radius 2 is 1.30 bits per heavy atom. The molecule has 0 aliphatic rings. The molecule has 0 rings (SSSR count). The van der Waals surface area contributed by atoms with Gasteiger partial charge in [-0.15, -0.1) is 15.4 Å². The lowest BCUT2D eigenvalue weighted by molar-refractivity contribution is -1.14. The molecule has 0 aliphatic heterocycles. The minimum atomic E-state index is 0.597. The summed E-state index contributed by atoms with van der Waals surface area (Å²) in [5.41, 5.74) is 3.17. The summed E-state index contributed by atoms with van der Waals surface area (Å²) in [6.07, 6.45) is 0. The van der Waals surface area contributed by atoms with E-state index >= 15 is 0 Å². The summed E-state index contributed by atoms with van der Waals surface area (Å²) >= 11 is 0. The van der Waals surface area contributed by atoms with Gasteiger partial charge in [-0.05, 0) is 0 Å². The molecule has 0 atom stereocenters. The van der Waals surface area contributed by atoms with Crippen molar-refractivity contribution >= 4 is 0 Å². The van der Waals surface area contributed by atoms with E-state index in [0.717, 1.165) is 0 Å². The van der Waals surface area contributed by atoms with Crippen LogP contribution in [0.4, 0.5) is 0 Å². The summed E-state index contributed by atoms with van der Waals surface area (Å²) in [4.78, 5) is 0.597. The minimum Gasteiger partial charge on any atom is -0.132 e. The first-order chi connectivity index (χ1) is 4.45. The van der Waals surface area contributed by atoms with Gasteiger partial charge >= 0.3 is 0 Å². The SMILES string of the molecule is CN[N+](C)(N(C)C)N(C)C. The molecule has 0 saturated carbocycles. The van der Waals surface area contributed by atoms with Gasteiger partial charge in [0, 0.05) is 35.2 Å². The van der Waals surface area contributed by atoms with Crippen molar-refractivity contribution in [1.82, 2.24) is 15.4 Å². The van der Waals surface area contributed by atoms with Crippen LogP contribution in [-0.4, -0.2) is 57.1 Å². The molecule has 0 heterocycles. The summed E-state index contributed by atoms with van der Waals surface area (Å²) in [6, 6.07) is 0. The van der Waals surface area contributed by atoms with E-state index in [1.807, 2.05) is 35.2 Å². The average Bonchev–Trinajstić information content (AvgIpc) is 1.85. The van der Waals surface area contributed by atoms with Crippen LogP contribution >= 0.6 is 0 Å². The van der Waals surface area contributed by atoms with E-state index in [9.17, 15) is 0 Å². The van der Waals surface area contributed by atoms with Gasteiger partial charge in [-0.2, -0.15) is 0 Å². The van der Waals surface area contributed by atoms with Gasteiger partial charge in [0.05, 0.1) is 0 Å². The van der Waals surface area contributed by atoms with Crippen LogP contribution in [-0.2, 0) is 0 Å². The van der Waals surface area contributed by atoms with Crippen LogP contribution in [0, 0.1) is 0 Å². The van der Waals surface area contributed by atoms with Crippen molar-refractivity contribution in [2.75, 3.05) is 42.3 Å². The Morgan fingerprint density at radius 3 is 1.30 bits per heavy atom. The van der Waals surface area contributed by atoms with Crippen LogP contribution in [0.15, 0.2) is 0 Å². The van der Waals surface area contributed by atoms with Gasteiger partial charge in [0.2, 0.25) is 0 Å². The van der Waals surface area contributed by atoms with E-state index in [-0.39, 0.29) is 0 Å². The zero-order valence-corrected chi connectivity index (χ0v) is 7.84. The van der Waals surface area contributed by atoms with Gasteiger partial charge in [-0.25, -0.2) is 0 Å². The van der Waals surface area contributed by atoms with Crippen LogP contribution in [0.2, 0.25) is 0 Å². The zero-order chi connectivity index (χ0) is 8.36. The number of nitrogens with zero attached hydrogens (tertiary/aromatic N) is 3. The first-order valence-electron chi connectivity index (χ1n) is 3.36. The van der Waals surface area contributed by atoms with E-state index < -0.39 is 0 Å². The topological polar surface area (TPSA) is 18.5 Å². The first kappa shape index (κ1) is 9.84. The highest BCUT2D eigenvalue weighted by Gasteiger charge is 2.26. The fourth-order valence-electron chi connectivity index (χ4n) is 0.758. The Balaban J connectivity index is 4.23. The number of hydrogen-bond acceptors (Lipinski definition) is 3. The maximum absolute atomic E-state index is 3.17. The van der Waals surface area contributed by atoms with E-state index in [1.165, 1.54) is 0 Å². The second-order valence-corrected chi connectivity index (χ2v) is 2.83. The molecule has 0 fully saturated rings. The van der Waals surface area contributed by atoms with E-state index in [4.69, 9.17) is 0 Å². The van der Waals surface area contributed by atoms with Crippen LogP contribution in [0.25, 0.3) is 0 Å². The van der Waals surface area contributed by atoms with Crippen LogP contribution in [0.1, 0.15) is 0 Å². The van der Waals surface area contributed by atoms with Gasteiger partial charge in [-0.3, -0.25) is 0 Å². The highest BCUT2D eigenvalue weighted by Crippen LogP contribution is 2.00. The smallest absolute Gasteiger partial charge is 0.125 e. The molecule has 0 radical (unpaired) electrons. The van der Waals surface area contributed by atoms with Crippen molar-refractivity contribution in [2.24, 2.45) is 0 Å². The molecule has 4 nitrogen and oxygen atoms in total. The Bertz CT molecular complexity index is 91.9. The molecule has 1 N–H and O–H groups in total. The highest BCUT2D eigenvalue weighted by atomic mass is 16.1. The maximum atomic E-state index is 3.17. The third kappa shape index (κ3) is 1.67. The molecular weight excluding hydrogens is 128 g/mol. The molecule has 0 saturated heterocycles. The van der Waals surface area contributed by atoms with Gasteiger partial charge in [0.25, 0.3) is 0 Å². The molecule has 0 bridgehead atoms. The third-order valence-corrected chi connectivity index (χ3v) is 1.98. The molecule has 0 aromatic carbocycles. The summed E-state index contributed by atoms with van der Waals surface area (Å²) in [6.45, 7) is 0. The standard InChI is InChI=1S/C6H19N4/c1-7-10(6,8(2)3)9(4)5/h7H,1-6H3/q+1. The molecule has 0 aromatic rings. The molecule has 0 amide bonds. The van der Waals surface area contributed by atoms with Crippen molar-refractivity contribution in [3.63, 3.8) is 0 Å².